The molecule has 0 amide bonds. The van der Waals surface area contributed by atoms with Gasteiger partial charge < -0.3 is 16.8 Å². The third-order valence-corrected chi connectivity index (χ3v) is 2.72. The lowest BCUT2D eigenvalue weighted by Crippen LogP contribution is -2.28. The molecule has 0 radical (unpaired) electrons. The summed E-state index contributed by atoms with van der Waals surface area (Å²) in [6, 6.07) is 4.35. The Morgan fingerprint density at radius 1 is 1.38 bits per heavy atom. The molecular weight excluding hydrogens is 162 g/mol. The lowest BCUT2D eigenvalue weighted by Gasteiger charge is -2.25. The molecule has 0 fully saturated rings. The molecule has 0 aromatic heterocycles. The summed E-state index contributed by atoms with van der Waals surface area (Å²) in [5.41, 5.74) is 15.6. The molecule has 1 atom stereocenters. The van der Waals surface area contributed by atoms with Gasteiger partial charge >= 0.3 is 0 Å². The average molecular weight is 177 g/mol. The minimum Gasteiger partial charge on any atom is -0.397 e. The van der Waals surface area contributed by atoms with Gasteiger partial charge in [-0.3, -0.25) is 0 Å². The maximum absolute atomic E-state index is 5.91. The van der Waals surface area contributed by atoms with Gasteiger partial charge in [0.25, 0.3) is 0 Å². The van der Waals surface area contributed by atoms with Gasteiger partial charge in [0.05, 0.1) is 11.4 Å². The largest absolute Gasteiger partial charge is 0.397 e. The number of fused-ring (bicyclic) bond motifs is 1. The quantitative estimate of drug-likeness (QED) is 0.519. The van der Waals surface area contributed by atoms with Gasteiger partial charge in [0.1, 0.15) is 0 Å². The molecule has 0 bridgehead atoms. The number of rotatable bonds is 0. The van der Waals surface area contributed by atoms with Crippen molar-refractivity contribution in [1.29, 1.82) is 0 Å². The Balaban J connectivity index is 2.56. The first-order chi connectivity index (χ1) is 6.20. The number of nitrogens with two attached hydrogens (primary N) is 2. The second-order valence-electron chi connectivity index (χ2n) is 3.56. The van der Waals surface area contributed by atoms with Crippen LogP contribution in [0.4, 0.5) is 11.4 Å². The summed E-state index contributed by atoms with van der Waals surface area (Å²) in [5, 5.41) is 3.39. The topological polar surface area (TPSA) is 64.1 Å². The van der Waals surface area contributed by atoms with E-state index in [1.165, 1.54) is 11.1 Å². The Morgan fingerprint density at radius 2 is 2.15 bits per heavy atom. The van der Waals surface area contributed by atoms with Gasteiger partial charge in [-0.2, -0.15) is 0 Å². The highest BCUT2D eigenvalue weighted by atomic mass is 14.9. The number of nitrogens with one attached hydrogen (secondary N) is 1. The lowest BCUT2D eigenvalue weighted by atomic mass is 9.93. The molecule has 13 heavy (non-hydrogen) atoms. The van der Waals surface area contributed by atoms with E-state index >= 15 is 0 Å². The zero-order valence-electron chi connectivity index (χ0n) is 7.80. The van der Waals surface area contributed by atoms with Crippen LogP contribution < -0.4 is 16.8 Å². The Bertz CT molecular complexity index is 333. The number of anilines is 2. The highest BCUT2D eigenvalue weighted by molar-refractivity contribution is 5.70. The number of nitrogen functional groups attached to an aromatic ring is 2. The fourth-order valence-electron chi connectivity index (χ4n) is 1.91. The fourth-order valence-corrected chi connectivity index (χ4v) is 1.91. The molecule has 3 nitrogen and oxygen atoms in total. The molecule has 1 heterocycles. The van der Waals surface area contributed by atoms with E-state index in [-0.39, 0.29) is 0 Å². The maximum Gasteiger partial charge on any atom is 0.0584 e. The van der Waals surface area contributed by atoms with Crippen LogP contribution in [0.5, 0.6) is 0 Å². The van der Waals surface area contributed by atoms with Crippen molar-refractivity contribution < 1.29 is 0 Å². The van der Waals surface area contributed by atoms with Crippen LogP contribution in [0.2, 0.25) is 0 Å². The van der Waals surface area contributed by atoms with E-state index < -0.39 is 0 Å². The molecular formula is C10H15N3. The predicted octanol–water partition coefficient (Wildman–Crippen LogP) is 1.06. The summed E-state index contributed by atoms with van der Waals surface area (Å²) in [5.74, 6) is 0. The Labute approximate surface area is 78.1 Å². The molecule has 0 spiro atoms. The normalized spacial score (nSPS) is 21.2. The van der Waals surface area contributed by atoms with Gasteiger partial charge in [-0.25, -0.2) is 0 Å². The zero-order chi connectivity index (χ0) is 9.42. The molecule has 1 unspecified atom stereocenters. The molecule has 1 aromatic carbocycles. The van der Waals surface area contributed by atoms with Crippen LogP contribution >= 0.6 is 0 Å². The predicted molar refractivity (Wildman–Crippen MR) is 55.4 cm³/mol. The molecule has 5 N–H and O–H groups in total. The van der Waals surface area contributed by atoms with Gasteiger partial charge in [-0.15, -0.1) is 0 Å². The van der Waals surface area contributed by atoms with Crippen LogP contribution in [-0.4, -0.2) is 6.54 Å². The van der Waals surface area contributed by atoms with E-state index in [1.54, 1.807) is 0 Å². The molecule has 1 aromatic rings. The highest BCUT2D eigenvalue weighted by Gasteiger charge is 2.18. The summed E-state index contributed by atoms with van der Waals surface area (Å²) in [7, 11) is 0. The van der Waals surface area contributed by atoms with E-state index in [9.17, 15) is 0 Å². The van der Waals surface area contributed by atoms with Crippen LogP contribution in [0.25, 0.3) is 0 Å². The van der Waals surface area contributed by atoms with Crippen molar-refractivity contribution in [3.8, 4) is 0 Å². The smallest absolute Gasteiger partial charge is 0.0584 e. The third-order valence-electron chi connectivity index (χ3n) is 2.72. The Kier molecular flexibility index (Phi) is 1.88. The fraction of sp³-hybridized carbons (Fsp3) is 0.400. The molecule has 3 heteroatoms. The van der Waals surface area contributed by atoms with Gasteiger partial charge in [0, 0.05) is 6.04 Å². The van der Waals surface area contributed by atoms with Crippen molar-refractivity contribution in [3.05, 3.63) is 23.3 Å². The van der Waals surface area contributed by atoms with Crippen LogP contribution in [0.1, 0.15) is 24.1 Å². The molecule has 70 valence electrons. The van der Waals surface area contributed by atoms with E-state index in [4.69, 9.17) is 11.5 Å². The molecule has 1 aliphatic heterocycles. The monoisotopic (exact) mass is 177 g/mol. The average Bonchev–Trinajstić information content (AvgIpc) is 2.12. The van der Waals surface area contributed by atoms with Gasteiger partial charge in [-0.1, -0.05) is 6.07 Å². The van der Waals surface area contributed by atoms with Crippen LogP contribution in [-0.2, 0) is 6.42 Å². The number of hydrogen-bond acceptors (Lipinski definition) is 3. The molecule has 2 rings (SSSR count). The molecule has 0 aliphatic carbocycles. The van der Waals surface area contributed by atoms with Gasteiger partial charge in [0.2, 0.25) is 0 Å². The van der Waals surface area contributed by atoms with Crippen molar-refractivity contribution in [2.45, 2.75) is 19.4 Å². The van der Waals surface area contributed by atoms with Crippen molar-refractivity contribution in [2.24, 2.45) is 0 Å². The lowest BCUT2D eigenvalue weighted by molar-refractivity contribution is 0.542. The second-order valence-corrected chi connectivity index (χ2v) is 3.56. The first-order valence-electron chi connectivity index (χ1n) is 4.60. The second kappa shape index (κ2) is 2.92. The van der Waals surface area contributed by atoms with Crippen LogP contribution in [0.15, 0.2) is 12.1 Å². The van der Waals surface area contributed by atoms with E-state index in [0.29, 0.717) is 11.7 Å². The van der Waals surface area contributed by atoms with E-state index in [1.807, 2.05) is 6.07 Å². The minimum atomic E-state index is 0.395. The van der Waals surface area contributed by atoms with Gasteiger partial charge in [-0.05, 0) is 37.1 Å². The molecule has 1 aliphatic rings. The first-order valence-corrected chi connectivity index (χ1v) is 4.60. The SMILES string of the molecule is CC1NCCc2c1ccc(N)c2N. The Morgan fingerprint density at radius 3 is 2.92 bits per heavy atom. The summed E-state index contributed by atoms with van der Waals surface area (Å²) >= 11 is 0. The van der Waals surface area contributed by atoms with Crippen molar-refractivity contribution in [3.63, 3.8) is 0 Å². The minimum absolute atomic E-state index is 0.395. The third kappa shape index (κ3) is 1.25. The van der Waals surface area contributed by atoms with E-state index in [0.717, 1.165) is 18.7 Å². The summed E-state index contributed by atoms with van der Waals surface area (Å²) in [4.78, 5) is 0. The standard InChI is InChI=1S/C10H15N3/c1-6-7-2-3-9(11)10(12)8(7)4-5-13-6/h2-3,6,13H,4-5,11-12H2,1H3. The van der Waals surface area contributed by atoms with Gasteiger partial charge in [0.15, 0.2) is 0 Å². The highest BCUT2D eigenvalue weighted by Crippen LogP contribution is 2.30. The van der Waals surface area contributed by atoms with Crippen LogP contribution in [0, 0.1) is 0 Å². The molecule has 0 saturated heterocycles. The summed E-state index contributed by atoms with van der Waals surface area (Å²) in [6.07, 6.45) is 0.983. The van der Waals surface area contributed by atoms with Crippen molar-refractivity contribution in [2.75, 3.05) is 18.0 Å². The van der Waals surface area contributed by atoms with E-state index in [2.05, 4.69) is 18.3 Å². The molecule has 0 saturated carbocycles. The first kappa shape index (κ1) is 8.38. The summed E-state index contributed by atoms with van der Waals surface area (Å²) in [6.45, 7) is 3.13. The Hall–Kier alpha value is -1.22. The van der Waals surface area contributed by atoms with Crippen LogP contribution in [0.3, 0.4) is 0 Å². The summed E-state index contributed by atoms with van der Waals surface area (Å²) < 4.78 is 0. The number of hydrogen-bond donors (Lipinski definition) is 3. The number of benzene rings is 1. The maximum atomic E-state index is 5.91. The van der Waals surface area contributed by atoms with Crippen molar-refractivity contribution >= 4 is 11.4 Å². The zero-order valence-corrected chi connectivity index (χ0v) is 7.80. The van der Waals surface area contributed by atoms with Crippen molar-refractivity contribution in [1.82, 2.24) is 5.32 Å².